The van der Waals surface area contributed by atoms with Crippen molar-refractivity contribution in [3.63, 3.8) is 0 Å². The highest BCUT2D eigenvalue weighted by molar-refractivity contribution is 9.10. The van der Waals surface area contributed by atoms with Crippen LogP contribution in [0.3, 0.4) is 0 Å². The van der Waals surface area contributed by atoms with Crippen molar-refractivity contribution < 1.29 is 13.9 Å². The number of amides is 1. The number of fused-ring (bicyclic) bond motifs is 1. The second kappa shape index (κ2) is 7.47. The summed E-state index contributed by atoms with van der Waals surface area (Å²) in [5.74, 6) is 0.145. The predicted molar refractivity (Wildman–Crippen MR) is 107 cm³/mol. The van der Waals surface area contributed by atoms with Gasteiger partial charge in [0.25, 0.3) is 0 Å². The molecule has 0 saturated heterocycles. The van der Waals surface area contributed by atoms with Crippen LogP contribution in [0.15, 0.2) is 59.3 Å². The molecule has 1 atom stereocenters. The van der Waals surface area contributed by atoms with Gasteiger partial charge in [-0.25, -0.2) is 14.2 Å². The molecule has 4 aromatic rings. The first kappa shape index (κ1) is 18.2. The van der Waals surface area contributed by atoms with Crippen LogP contribution < -0.4 is 5.73 Å². The number of H-pyrrole nitrogens is 2. The predicted octanol–water partition coefficient (Wildman–Crippen LogP) is 4.84. The molecule has 2 aromatic heterocycles. The van der Waals surface area contributed by atoms with E-state index >= 15 is 0 Å². The van der Waals surface area contributed by atoms with Gasteiger partial charge in [0.1, 0.15) is 11.6 Å². The van der Waals surface area contributed by atoms with E-state index in [1.165, 1.54) is 12.1 Å². The Kier molecular flexibility index (Phi) is 4.87. The summed E-state index contributed by atoms with van der Waals surface area (Å²) >= 11 is 3.47. The molecule has 4 rings (SSSR count). The molecular formula is C20H16BrFN4O2. The number of primary amides is 1. The molecule has 0 aliphatic rings. The second-order valence-corrected chi connectivity index (χ2v) is 7.24. The van der Waals surface area contributed by atoms with Crippen LogP contribution in [0.4, 0.5) is 9.18 Å². The summed E-state index contributed by atoms with van der Waals surface area (Å²) in [5.41, 5.74) is 8.67. The fourth-order valence-corrected chi connectivity index (χ4v) is 3.49. The van der Waals surface area contributed by atoms with Gasteiger partial charge >= 0.3 is 6.09 Å². The zero-order valence-corrected chi connectivity index (χ0v) is 16.2. The number of carbonyl (C=O) groups excluding carboxylic acids is 1. The number of hydrogen-bond donors (Lipinski definition) is 3. The van der Waals surface area contributed by atoms with Crippen molar-refractivity contribution in [3.05, 3.63) is 76.5 Å². The van der Waals surface area contributed by atoms with Gasteiger partial charge in [0.15, 0.2) is 6.10 Å². The van der Waals surface area contributed by atoms with E-state index in [9.17, 15) is 9.18 Å². The molecule has 0 bridgehead atoms. The zero-order chi connectivity index (χ0) is 19.7. The van der Waals surface area contributed by atoms with E-state index in [1.807, 2.05) is 24.4 Å². The maximum atomic E-state index is 13.1. The number of nitrogens with two attached hydrogens (primary N) is 1. The van der Waals surface area contributed by atoms with Gasteiger partial charge in [0.2, 0.25) is 0 Å². The third-order valence-corrected chi connectivity index (χ3v) is 4.94. The summed E-state index contributed by atoms with van der Waals surface area (Å²) in [5, 5.41) is 1.01. The first-order chi connectivity index (χ1) is 13.5. The van der Waals surface area contributed by atoms with Crippen molar-refractivity contribution in [2.45, 2.75) is 12.5 Å². The van der Waals surface area contributed by atoms with Gasteiger partial charge in [-0.1, -0.05) is 15.9 Å². The lowest BCUT2D eigenvalue weighted by atomic mass is 10.1. The number of aromatic nitrogens is 3. The smallest absolute Gasteiger partial charge is 0.405 e. The van der Waals surface area contributed by atoms with Crippen molar-refractivity contribution in [2.24, 2.45) is 5.73 Å². The number of nitrogens with one attached hydrogen (secondary N) is 2. The topological polar surface area (TPSA) is 96.8 Å². The van der Waals surface area contributed by atoms with Crippen molar-refractivity contribution in [2.75, 3.05) is 0 Å². The molecule has 0 radical (unpaired) electrons. The minimum absolute atomic E-state index is 0.316. The molecule has 8 heteroatoms. The number of hydrogen-bond acceptors (Lipinski definition) is 3. The Labute approximate surface area is 168 Å². The highest BCUT2D eigenvalue weighted by Gasteiger charge is 2.21. The SMILES string of the molecule is NC(=O)O[C@@H](Cc1c[nH]c2ccc(Br)cc12)c1ncc(-c2ccc(F)cc2)[nH]1. The van der Waals surface area contributed by atoms with Gasteiger partial charge in [0.05, 0.1) is 11.9 Å². The maximum Gasteiger partial charge on any atom is 0.405 e. The number of imidazole rings is 1. The molecule has 2 heterocycles. The summed E-state index contributed by atoms with van der Waals surface area (Å²) in [6.07, 6.45) is 2.30. The molecule has 0 saturated carbocycles. The molecule has 2 aromatic carbocycles. The van der Waals surface area contributed by atoms with Crippen LogP contribution in [-0.4, -0.2) is 21.0 Å². The van der Waals surface area contributed by atoms with Crippen molar-refractivity contribution >= 4 is 32.9 Å². The largest absolute Gasteiger partial charge is 0.438 e. The number of rotatable bonds is 5. The van der Waals surface area contributed by atoms with E-state index < -0.39 is 12.2 Å². The lowest BCUT2D eigenvalue weighted by molar-refractivity contribution is 0.102. The first-order valence-electron chi connectivity index (χ1n) is 8.52. The minimum atomic E-state index is -0.884. The molecule has 0 unspecified atom stereocenters. The third kappa shape index (κ3) is 3.77. The van der Waals surface area contributed by atoms with Crippen LogP contribution in [0.1, 0.15) is 17.5 Å². The number of carbonyl (C=O) groups is 1. The fraction of sp³-hybridized carbons (Fsp3) is 0.100. The summed E-state index contributed by atoms with van der Waals surface area (Å²) in [4.78, 5) is 22.1. The molecule has 6 nitrogen and oxygen atoms in total. The zero-order valence-electron chi connectivity index (χ0n) is 14.6. The third-order valence-electron chi connectivity index (χ3n) is 4.45. The van der Waals surface area contributed by atoms with E-state index in [0.29, 0.717) is 17.9 Å². The summed E-state index contributed by atoms with van der Waals surface area (Å²) in [6.45, 7) is 0. The molecule has 0 aliphatic heterocycles. The van der Waals surface area contributed by atoms with E-state index in [4.69, 9.17) is 10.5 Å². The number of benzene rings is 2. The summed E-state index contributed by atoms with van der Waals surface area (Å²) < 4.78 is 19.4. The lowest BCUT2D eigenvalue weighted by Crippen LogP contribution is -2.19. The van der Waals surface area contributed by atoms with Gasteiger partial charge in [-0.15, -0.1) is 0 Å². The number of aromatic amines is 2. The average molecular weight is 443 g/mol. The molecule has 0 aliphatic carbocycles. The lowest BCUT2D eigenvalue weighted by Gasteiger charge is -2.14. The molecule has 0 spiro atoms. The molecule has 0 fully saturated rings. The Hall–Kier alpha value is -3.13. The molecule has 142 valence electrons. The normalized spacial score (nSPS) is 12.2. The number of ether oxygens (including phenoxy) is 1. The van der Waals surface area contributed by atoms with Gasteiger partial charge < -0.3 is 20.4 Å². The Balaban J connectivity index is 1.65. The average Bonchev–Trinajstić information content (AvgIpc) is 3.29. The fourth-order valence-electron chi connectivity index (χ4n) is 3.13. The van der Waals surface area contributed by atoms with Gasteiger partial charge in [-0.2, -0.15) is 0 Å². The van der Waals surface area contributed by atoms with E-state index in [1.54, 1.807) is 18.3 Å². The van der Waals surface area contributed by atoms with Crippen molar-refractivity contribution in [1.29, 1.82) is 0 Å². The van der Waals surface area contributed by atoms with Crippen LogP contribution in [0.5, 0.6) is 0 Å². The van der Waals surface area contributed by atoms with Crippen LogP contribution in [0.25, 0.3) is 22.2 Å². The Bertz CT molecular complexity index is 1140. The van der Waals surface area contributed by atoms with Crippen molar-refractivity contribution in [1.82, 2.24) is 15.0 Å². The van der Waals surface area contributed by atoms with Crippen molar-refractivity contribution in [3.8, 4) is 11.3 Å². The van der Waals surface area contributed by atoms with E-state index in [-0.39, 0.29) is 5.82 Å². The van der Waals surface area contributed by atoms with Gasteiger partial charge in [-0.3, -0.25) is 0 Å². The van der Waals surface area contributed by atoms with E-state index in [2.05, 4.69) is 30.9 Å². The Morgan fingerprint density at radius 1 is 1.25 bits per heavy atom. The molecule has 1 amide bonds. The second-order valence-electron chi connectivity index (χ2n) is 6.32. The van der Waals surface area contributed by atoms with Crippen LogP contribution in [0, 0.1) is 5.82 Å². The molecular weight excluding hydrogens is 427 g/mol. The number of halogens is 2. The molecule has 28 heavy (non-hydrogen) atoms. The summed E-state index contributed by atoms with van der Waals surface area (Å²) in [6, 6.07) is 11.9. The van der Waals surface area contributed by atoms with Gasteiger partial charge in [-0.05, 0) is 53.6 Å². The highest BCUT2D eigenvalue weighted by Crippen LogP contribution is 2.29. The standard InChI is InChI=1S/C20H16BrFN4O2/c21-13-3-6-16-15(8-13)12(9-24-16)7-18(28-20(23)27)19-25-10-17(26-19)11-1-4-14(22)5-2-11/h1-6,8-10,18,24H,7H2,(H2,23,27)(H,25,26)/t18-/m0/s1. The monoisotopic (exact) mass is 442 g/mol. The van der Waals surface area contributed by atoms with Gasteiger partial charge in [0, 0.05) is 28.0 Å². The van der Waals surface area contributed by atoms with Crippen LogP contribution in [-0.2, 0) is 11.2 Å². The van der Waals surface area contributed by atoms with Crippen LogP contribution >= 0.6 is 15.9 Å². The molecule has 4 N–H and O–H groups in total. The maximum absolute atomic E-state index is 13.1. The Morgan fingerprint density at radius 2 is 2.04 bits per heavy atom. The Morgan fingerprint density at radius 3 is 2.79 bits per heavy atom. The minimum Gasteiger partial charge on any atom is -0.438 e. The summed E-state index contributed by atoms with van der Waals surface area (Å²) in [7, 11) is 0. The quantitative estimate of drug-likeness (QED) is 0.412. The highest BCUT2D eigenvalue weighted by atomic mass is 79.9. The number of nitrogens with zero attached hydrogens (tertiary/aromatic N) is 1. The van der Waals surface area contributed by atoms with E-state index in [0.717, 1.165) is 26.5 Å². The van der Waals surface area contributed by atoms with Crippen LogP contribution in [0.2, 0.25) is 0 Å². The first-order valence-corrected chi connectivity index (χ1v) is 9.31.